The zero-order chi connectivity index (χ0) is 22.5. The third-order valence-corrected chi connectivity index (χ3v) is 6.74. The lowest BCUT2D eigenvalue weighted by molar-refractivity contribution is 0.210. The van der Waals surface area contributed by atoms with Crippen LogP contribution in [0.4, 0.5) is 5.69 Å². The number of anilines is 1. The van der Waals surface area contributed by atoms with Crippen LogP contribution in [-0.4, -0.2) is 42.2 Å². The van der Waals surface area contributed by atoms with E-state index in [9.17, 15) is 0 Å². The van der Waals surface area contributed by atoms with Crippen LogP contribution in [0.1, 0.15) is 32.3 Å². The summed E-state index contributed by atoms with van der Waals surface area (Å²) < 4.78 is 12.5. The van der Waals surface area contributed by atoms with Crippen LogP contribution in [0.15, 0.2) is 47.1 Å². The van der Waals surface area contributed by atoms with Crippen LogP contribution in [0.25, 0.3) is 10.9 Å². The average molecular weight is 519 g/mol. The van der Waals surface area contributed by atoms with E-state index in [0.29, 0.717) is 24.3 Å². The summed E-state index contributed by atoms with van der Waals surface area (Å²) in [5.74, 6) is 1.68. The van der Waals surface area contributed by atoms with Crippen molar-refractivity contribution in [2.45, 2.75) is 39.3 Å². The van der Waals surface area contributed by atoms with Gasteiger partial charge in [-0.3, -0.25) is 9.88 Å². The lowest BCUT2D eigenvalue weighted by Gasteiger charge is -2.33. The number of fused-ring (bicyclic) bond motifs is 1. The highest BCUT2D eigenvalue weighted by atomic mass is 79.9. The Morgan fingerprint density at radius 1 is 1.06 bits per heavy atom. The first-order valence-electron chi connectivity index (χ1n) is 11.2. The number of rotatable bonds is 8. The van der Waals surface area contributed by atoms with E-state index >= 15 is 0 Å². The number of piperidine rings is 1. The highest BCUT2D eigenvalue weighted by molar-refractivity contribution is 9.10. The van der Waals surface area contributed by atoms with Gasteiger partial charge in [-0.2, -0.15) is 0 Å². The Kier molecular flexibility index (Phi) is 7.76. The predicted molar refractivity (Wildman–Crippen MR) is 135 cm³/mol. The minimum atomic E-state index is 0.440. The maximum absolute atomic E-state index is 6.12. The highest BCUT2D eigenvalue weighted by Crippen LogP contribution is 2.37. The monoisotopic (exact) mass is 517 g/mol. The second-order valence-corrected chi connectivity index (χ2v) is 9.22. The number of pyridine rings is 1. The number of likely N-dealkylation sites (tertiary alicyclic amines) is 1. The van der Waals surface area contributed by atoms with Gasteiger partial charge in [-0.25, -0.2) is 0 Å². The van der Waals surface area contributed by atoms with Crippen molar-refractivity contribution in [2.24, 2.45) is 0 Å². The number of halogens is 2. The normalized spacial score (nSPS) is 15.1. The molecule has 1 aliphatic rings. The van der Waals surface area contributed by atoms with Crippen LogP contribution in [0.3, 0.4) is 0 Å². The number of nitrogens with zero attached hydrogens (tertiary/aromatic N) is 2. The number of nitrogens with one attached hydrogen (secondary N) is 1. The first-order chi connectivity index (χ1) is 15.6. The van der Waals surface area contributed by atoms with Gasteiger partial charge in [0.05, 0.1) is 18.7 Å². The Morgan fingerprint density at radius 3 is 2.41 bits per heavy atom. The molecule has 0 spiro atoms. The van der Waals surface area contributed by atoms with Crippen LogP contribution in [0.2, 0.25) is 5.02 Å². The molecule has 1 N–H and O–H groups in total. The van der Waals surface area contributed by atoms with Crippen molar-refractivity contribution in [3.63, 3.8) is 0 Å². The second kappa shape index (κ2) is 10.7. The lowest BCUT2D eigenvalue weighted by atomic mass is 10.0. The molecule has 0 radical (unpaired) electrons. The zero-order valence-electron chi connectivity index (χ0n) is 18.5. The molecule has 2 aromatic carbocycles. The van der Waals surface area contributed by atoms with Crippen molar-refractivity contribution in [1.29, 1.82) is 0 Å². The summed E-state index contributed by atoms with van der Waals surface area (Å²) in [6, 6.07) is 12.6. The van der Waals surface area contributed by atoms with E-state index in [1.807, 2.05) is 38.2 Å². The fourth-order valence-electron chi connectivity index (χ4n) is 4.20. The molecule has 170 valence electrons. The molecule has 5 nitrogen and oxygen atoms in total. The van der Waals surface area contributed by atoms with E-state index in [1.165, 1.54) is 5.56 Å². The molecule has 0 atom stereocenters. The molecular weight excluding hydrogens is 490 g/mol. The summed E-state index contributed by atoms with van der Waals surface area (Å²) in [5, 5.41) is 5.55. The third kappa shape index (κ3) is 5.48. The smallest absolute Gasteiger partial charge is 0.137 e. The second-order valence-electron chi connectivity index (χ2n) is 7.99. The van der Waals surface area contributed by atoms with Crippen molar-refractivity contribution in [3.05, 3.63) is 57.7 Å². The number of hydrogen-bond acceptors (Lipinski definition) is 5. The molecule has 0 aliphatic carbocycles. The van der Waals surface area contributed by atoms with Crippen molar-refractivity contribution < 1.29 is 9.47 Å². The molecule has 1 aliphatic heterocycles. The quantitative estimate of drug-likeness (QED) is 0.368. The minimum absolute atomic E-state index is 0.440. The lowest BCUT2D eigenvalue weighted by Crippen LogP contribution is -2.38. The largest absolute Gasteiger partial charge is 0.493 e. The van der Waals surface area contributed by atoms with Gasteiger partial charge in [-0.05, 0) is 84.6 Å². The van der Waals surface area contributed by atoms with Crippen molar-refractivity contribution in [2.75, 3.05) is 31.6 Å². The summed E-state index contributed by atoms with van der Waals surface area (Å²) in [5.41, 5.74) is 3.26. The maximum atomic E-state index is 6.12. The van der Waals surface area contributed by atoms with E-state index < -0.39 is 0 Å². The van der Waals surface area contributed by atoms with Crippen LogP contribution in [0, 0.1) is 0 Å². The Bertz CT molecular complexity index is 1040. The van der Waals surface area contributed by atoms with E-state index in [0.717, 1.165) is 65.0 Å². The highest BCUT2D eigenvalue weighted by Gasteiger charge is 2.21. The first-order valence-corrected chi connectivity index (χ1v) is 12.4. The Labute approximate surface area is 203 Å². The molecule has 1 aromatic heterocycles. The number of benzene rings is 2. The van der Waals surface area contributed by atoms with Gasteiger partial charge in [0, 0.05) is 48.0 Å². The Morgan fingerprint density at radius 2 is 1.75 bits per heavy atom. The molecular formula is C25H29BrClN3O2. The van der Waals surface area contributed by atoms with Gasteiger partial charge in [0.25, 0.3) is 0 Å². The van der Waals surface area contributed by atoms with Gasteiger partial charge >= 0.3 is 0 Å². The molecule has 2 heterocycles. The summed E-state index contributed by atoms with van der Waals surface area (Å²) in [7, 11) is 0. The zero-order valence-corrected chi connectivity index (χ0v) is 20.9. The number of hydrogen-bond donors (Lipinski definition) is 1. The van der Waals surface area contributed by atoms with Crippen molar-refractivity contribution in [3.8, 4) is 11.5 Å². The van der Waals surface area contributed by atoms with Gasteiger partial charge in [-0.15, -0.1) is 0 Å². The molecule has 3 aromatic rings. The summed E-state index contributed by atoms with van der Waals surface area (Å²) in [6.07, 6.45) is 4.02. The minimum Gasteiger partial charge on any atom is -0.493 e. The van der Waals surface area contributed by atoms with Crippen molar-refractivity contribution in [1.82, 2.24) is 9.88 Å². The molecule has 0 unspecified atom stereocenters. The van der Waals surface area contributed by atoms with Crippen LogP contribution >= 0.6 is 27.5 Å². The summed E-state index contributed by atoms with van der Waals surface area (Å²) in [6.45, 7) is 8.21. The number of ether oxygens (including phenoxy) is 2. The van der Waals surface area contributed by atoms with Gasteiger partial charge in [0.15, 0.2) is 0 Å². The van der Waals surface area contributed by atoms with Crippen LogP contribution < -0.4 is 14.8 Å². The standard InChI is InChI=1S/C25H29BrClN3O2/c1-3-31-23-13-17(14-24(25(23)26)32-4-2)16-30-11-8-19(9-12-30)29-21-7-10-28-22-15-18(27)5-6-20(21)22/h5-7,10,13-15,19H,3-4,8-9,11-12,16H2,1-2H3,(H,28,29). The van der Waals surface area contributed by atoms with Crippen LogP contribution in [0.5, 0.6) is 11.5 Å². The average Bonchev–Trinajstić information content (AvgIpc) is 2.78. The third-order valence-electron chi connectivity index (χ3n) is 5.72. The fraction of sp³-hybridized carbons (Fsp3) is 0.400. The molecule has 4 rings (SSSR count). The molecule has 32 heavy (non-hydrogen) atoms. The SMILES string of the molecule is CCOc1cc(CN2CCC(Nc3ccnc4cc(Cl)ccc34)CC2)cc(OCC)c1Br. The van der Waals surface area contributed by atoms with Gasteiger partial charge < -0.3 is 14.8 Å². The van der Waals surface area contributed by atoms with Gasteiger partial charge in [0.1, 0.15) is 16.0 Å². The molecule has 0 bridgehead atoms. The van der Waals surface area contributed by atoms with Gasteiger partial charge in [-0.1, -0.05) is 11.6 Å². The first kappa shape index (κ1) is 23.1. The molecule has 0 saturated carbocycles. The maximum Gasteiger partial charge on any atom is 0.137 e. The summed E-state index contributed by atoms with van der Waals surface area (Å²) >= 11 is 9.74. The van der Waals surface area contributed by atoms with E-state index in [-0.39, 0.29) is 0 Å². The topological polar surface area (TPSA) is 46.6 Å². The fourth-order valence-corrected chi connectivity index (χ4v) is 4.82. The predicted octanol–water partition coefficient (Wildman–Crippen LogP) is 6.52. The van der Waals surface area contributed by atoms with E-state index in [4.69, 9.17) is 21.1 Å². The molecule has 0 amide bonds. The Balaban J connectivity index is 1.39. The van der Waals surface area contributed by atoms with Crippen molar-refractivity contribution >= 4 is 44.1 Å². The molecule has 7 heteroatoms. The van der Waals surface area contributed by atoms with Gasteiger partial charge in [0.2, 0.25) is 0 Å². The summed E-state index contributed by atoms with van der Waals surface area (Å²) in [4.78, 5) is 6.94. The van der Waals surface area contributed by atoms with Crippen LogP contribution in [-0.2, 0) is 6.54 Å². The number of aromatic nitrogens is 1. The molecule has 1 saturated heterocycles. The van der Waals surface area contributed by atoms with E-state index in [1.54, 1.807) is 0 Å². The Hall–Kier alpha value is -2.02. The van der Waals surface area contributed by atoms with E-state index in [2.05, 4.69) is 49.3 Å². The molecule has 1 fully saturated rings.